The number of anilines is 1. The summed E-state index contributed by atoms with van der Waals surface area (Å²) in [5, 5.41) is 14.8. The second kappa shape index (κ2) is 4.85. The standard InChI is InChI=1S/C13H14BrNO/c1-9(16)8-15-13-5-3-10-6-12(14)4-2-11(10)7-13/h2-7,9,15-16H,8H2,1H3. The molecule has 0 heterocycles. The largest absolute Gasteiger partial charge is 0.392 e. The highest BCUT2D eigenvalue weighted by atomic mass is 79.9. The van der Waals surface area contributed by atoms with E-state index in [1.54, 1.807) is 6.92 Å². The fourth-order valence-corrected chi connectivity index (χ4v) is 1.97. The van der Waals surface area contributed by atoms with Crippen molar-refractivity contribution in [3.8, 4) is 0 Å². The van der Waals surface area contributed by atoms with Crippen molar-refractivity contribution in [3.05, 3.63) is 40.9 Å². The number of fused-ring (bicyclic) bond motifs is 1. The van der Waals surface area contributed by atoms with Gasteiger partial charge in [-0.05, 0) is 42.0 Å². The predicted molar refractivity (Wildman–Crippen MR) is 71.8 cm³/mol. The van der Waals surface area contributed by atoms with Crippen LogP contribution in [0.25, 0.3) is 10.8 Å². The first-order valence-corrected chi connectivity index (χ1v) is 6.06. The first kappa shape index (κ1) is 11.4. The van der Waals surface area contributed by atoms with Crippen LogP contribution in [0.2, 0.25) is 0 Å². The molecule has 0 radical (unpaired) electrons. The van der Waals surface area contributed by atoms with Crippen LogP contribution in [-0.4, -0.2) is 17.8 Å². The van der Waals surface area contributed by atoms with E-state index >= 15 is 0 Å². The second-order valence-corrected chi connectivity index (χ2v) is 4.85. The number of nitrogens with one attached hydrogen (secondary N) is 1. The fraction of sp³-hybridized carbons (Fsp3) is 0.231. The molecule has 3 heteroatoms. The molecule has 1 atom stereocenters. The monoisotopic (exact) mass is 279 g/mol. The average Bonchev–Trinajstić information content (AvgIpc) is 2.26. The van der Waals surface area contributed by atoms with Gasteiger partial charge in [0.2, 0.25) is 0 Å². The first-order valence-electron chi connectivity index (χ1n) is 5.26. The Morgan fingerprint density at radius 1 is 1.19 bits per heavy atom. The van der Waals surface area contributed by atoms with E-state index in [4.69, 9.17) is 0 Å². The van der Waals surface area contributed by atoms with Crippen LogP contribution in [0.3, 0.4) is 0 Å². The Labute approximate surface area is 103 Å². The van der Waals surface area contributed by atoms with Crippen LogP contribution >= 0.6 is 15.9 Å². The van der Waals surface area contributed by atoms with Crippen molar-refractivity contribution in [2.45, 2.75) is 13.0 Å². The Hall–Kier alpha value is -1.06. The van der Waals surface area contributed by atoms with E-state index in [0.29, 0.717) is 6.54 Å². The lowest BCUT2D eigenvalue weighted by Gasteiger charge is -2.09. The zero-order chi connectivity index (χ0) is 11.5. The van der Waals surface area contributed by atoms with Gasteiger partial charge >= 0.3 is 0 Å². The molecule has 0 aliphatic heterocycles. The van der Waals surface area contributed by atoms with Crippen molar-refractivity contribution in [3.63, 3.8) is 0 Å². The molecule has 0 spiro atoms. The molecule has 84 valence electrons. The van der Waals surface area contributed by atoms with Gasteiger partial charge in [-0.25, -0.2) is 0 Å². The van der Waals surface area contributed by atoms with Crippen LogP contribution in [-0.2, 0) is 0 Å². The predicted octanol–water partition coefficient (Wildman–Crippen LogP) is 3.40. The summed E-state index contributed by atoms with van der Waals surface area (Å²) >= 11 is 3.45. The Balaban J connectivity index is 2.26. The first-order chi connectivity index (χ1) is 7.65. The molecule has 0 saturated carbocycles. The molecule has 0 bridgehead atoms. The quantitative estimate of drug-likeness (QED) is 0.903. The van der Waals surface area contributed by atoms with Crippen molar-refractivity contribution in [2.75, 3.05) is 11.9 Å². The van der Waals surface area contributed by atoms with Gasteiger partial charge in [0, 0.05) is 16.7 Å². The number of benzene rings is 2. The van der Waals surface area contributed by atoms with E-state index in [9.17, 15) is 5.11 Å². The van der Waals surface area contributed by atoms with E-state index in [1.165, 1.54) is 10.8 Å². The number of hydrogen-bond acceptors (Lipinski definition) is 2. The van der Waals surface area contributed by atoms with Crippen molar-refractivity contribution in [1.82, 2.24) is 0 Å². The molecule has 2 rings (SSSR count). The molecule has 2 aromatic carbocycles. The third-order valence-corrected chi connectivity index (χ3v) is 2.90. The molecule has 0 amide bonds. The van der Waals surface area contributed by atoms with Gasteiger partial charge in [-0.2, -0.15) is 0 Å². The molecule has 0 aliphatic rings. The zero-order valence-corrected chi connectivity index (χ0v) is 10.7. The maximum Gasteiger partial charge on any atom is 0.0684 e. The maximum atomic E-state index is 9.19. The summed E-state index contributed by atoms with van der Waals surface area (Å²) in [4.78, 5) is 0. The SMILES string of the molecule is CC(O)CNc1ccc2cc(Br)ccc2c1. The van der Waals surface area contributed by atoms with Crippen LogP contribution in [0.1, 0.15) is 6.92 Å². The Morgan fingerprint density at radius 3 is 2.62 bits per heavy atom. The molecule has 16 heavy (non-hydrogen) atoms. The van der Waals surface area contributed by atoms with Gasteiger partial charge in [0.15, 0.2) is 0 Å². The average molecular weight is 280 g/mol. The number of rotatable bonds is 3. The van der Waals surface area contributed by atoms with Gasteiger partial charge in [0.1, 0.15) is 0 Å². The summed E-state index contributed by atoms with van der Waals surface area (Å²) in [6.07, 6.45) is -0.333. The Kier molecular flexibility index (Phi) is 3.46. The van der Waals surface area contributed by atoms with Crippen molar-refractivity contribution < 1.29 is 5.11 Å². The third kappa shape index (κ3) is 2.74. The molecule has 2 N–H and O–H groups in total. The minimum atomic E-state index is -0.333. The molecule has 0 aliphatic carbocycles. The summed E-state index contributed by atoms with van der Waals surface area (Å²) in [5.74, 6) is 0. The summed E-state index contributed by atoms with van der Waals surface area (Å²) in [6, 6.07) is 12.4. The van der Waals surface area contributed by atoms with Gasteiger partial charge < -0.3 is 10.4 Å². The highest BCUT2D eigenvalue weighted by Crippen LogP contribution is 2.22. The fourth-order valence-electron chi connectivity index (χ4n) is 1.59. The highest BCUT2D eigenvalue weighted by Gasteiger charge is 1.99. The molecular weight excluding hydrogens is 266 g/mol. The van der Waals surface area contributed by atoms with Gasteiger partial charge in [0.25, 0.3) is 0 Å². The van der Waals surface area contributed by atoms with E-state index in [0.717, 1.165) is 10.2 Å². The van der Waals surface area contributed by atoms with Crippen molar-refractivity contribution in [2.24, 2.45) is 0 Å². The van der Waals surface area contributed by atoms with Crippen LogP contribution in [0.4, 0.5) is 5.69 Å². The Bertz CT molecular complexity index is 496. The molecular formula is C13H14BrNO. The van der Waals surface area contributed by atoms with Gasteiger partial charge in [-0.1, -0.05) is 28.1 Å². The number of hydrogen-bond donors (Lipinski definition) is 2. The number of aliphatic hydroxyl groups excluding tert-OH is 1. The van der Waals surface area contributed by atoms with Crippen LogP contribution < -0.4 is 5.32 Å². The van der Waals surface area contributed by atoms with E-state index < -0.39 is 0 Å². The van der Waals surface area contributed by atoms with Gasteiger partial charge in [0.05, 0.1) is 6.10 Å². The minimum Gasteiger partial charge on any atom is -0.392 e. The van der Waals surface area contributed by atoms with E-state index in [2.05, 4.69) is 45.5 Å². The molecule has 1 unspecified atom stereocenters. The third-order valence-electron chi connectivity index (χ3n) is 2.40. The van der Waals surface area contributed by atoms with E-state index in [1.807, 2.05) is 12.1 Å². The van der Waals surface area contributed by atoms with Crippen LogP contribution in [0.15, 0.2) is 40.9 Å². The Morgan fingerprint density at radius 2 is 1.88 bits per heavy atom. The topological polar surface area (TPSA) is 32.3 Å². The van der Waals surface area contributed by atoms with Crippen molar-refractivity contribution in [1.29, 1.82) is 0 Å². The molecule has 0 fully saturated rings. The summed E-state index contributed by atoms with van der Waals surface area (Å²) in [6.45, 7) is 2.34. The van der Waals surface area contributed by atoms with Crippen LogP contribution in [0, 0.1) is 0 Å². The lowest BCUT2D eigenvalue weighted by atomic mass is 10.1. The number of halogens is 1. The van der Waals surface area contributed by atoms with Crippen LogP contribution in [0.5, 0.6) is 0 Å². The van der Waals surface area contributed by atoms with Gasteiger partial charge in [-0.3, -0.25) is 0 Å². The summed E-state index contributed by atoms with van der Waals surface area (Å²) in [7, 11) is 0. The second-order valence-electron chi connectivity index (χ2n) is 3.94. The van der Waals surface area contributed by atoms with E-state index in [-0.39, 0.29) is 6.10 Å². The minimum absolute atomic E-state index is 0.333. The molecule has 0 saturated heterocycles. The molecule has 2 aromatic rings. The smallest absolute Gasteiger partial charge is 0.0684 e. The van der Waals surface area contributed by atoms with Crippen molar-refractivity contribution >= 4 is 32.4 Å². The normalized spacial score (nSPS) is 12.7. The summed E-state index contributed by atoms with van der Waals surface area (Å²) < 4.78 is 1.09. The molecule has 2 nitrogen and oxygen atoms in total. The number of aliphatic hydroxyl groups is 1. The zero-order valence-electron chi connectivity index (χ0n) is 9.07. The van der Waals surface area contributed by atoms with Gasteiger partial charge in [-0.15, -0.1) is 0 Å². The highest BCUT2D eigenvalue weighted by molar-refractivity contribution is 9.10. The lowest BCUT2D eigenvalue weighted by Crippen LogP contribution is -2.15. The maximum absolute atomic E-state index is 9.19. The lowest BCUT2D eigenvalue weighted by molar-refractivity contribution is 0.208. The summed E-state index contributed by atoms with van der Waals surface area (Å²) in [5.41, 5.74) is 1.04. The molecule has 0 aromatic heterocycles.